The van der Waals surface area contributed by atoms with Gasteiger partial charge in [-0.3, -0.25) is 0 Å². The molecular formula is C52H45NO4. The number of benzene rings is 8. The number of aromatic nitrogens is 1. The van der Waals surface area contributed by atoms with E-state index in [2.05, 4.69) is 168 Å². The second-order valence-electron chi connectivity index (χ2n) is 12.9. The van der Waals surface area contributed by atoms with E-state index in [1.807, 2.05) is 36.4 Å². The minimum absolute atomic E-state index is 0.00971. The number of aliphatic hydroxyl groups is 3. The zero-order chi connectivity index (χ0) is 40.1. The van der Waals surface area contributed by atoms with E-state index in [1.54, 1.807) is 0 Å². The van der Waals surface area contributed by atoms with Crippen LogP contribution in [0.3, 0.4) is 0 Å². The number of hydrogen-bond donors (Lipinski definition) is 3. The van der Waals surface area contributed by atoms with E-state index in [1.165, 1.54) is 0 Å². The number of hydrogen-bond acceptors (Lipinski definition) is 4. The molecule has 282 valence electrons. The van der Waals surface area contributed by atoms with Crippen LogP contribution in [0.4, 0.5) is 0 Å². The molecule has 0 bridgehead atoms. The van der Waals surface area contributed by atoms with Crippen molar-refractivity contribution in [2.75, 3.05) is 21.3 Å². The lowest BCUT2D eigenvalue weighted by Gasteiger charge is -2.23. The predicted octanol–water partition coefficient (Wildman–Crippen LogP) is 10.5. The highest BCUT2D eigenvalue weighted by molar-refractivity contribution is 6.03. The molecule has 3 N–H and O–H groups in total. The van der Waals surface area contributed by atoms with E-state index in [0.717, 1.165) is 93.3 Å². The number of pyridine rings is 1. The molecule has 1 heterocycles. The Hall–Kier alpha value is -6.89. The van der Waals surface area contributed by atoms with Gasteiger partial charge in [0.25, 0.3) is 0 Å². The van der Waals surface area contributed by atoms with Gasteiger partial charge in [-0.25, -0.2) is 0 Å². The first kappa shape index (κ1) is 39.8. The summed E-state index contributed by atoms with van der Waals surface area (Å²) in [6.07, 6.45) is 0. The lowest BCUT2D eigenvalue weighted by atomic mass is 9.90. The highest BCUT2D eigenvalue weighted by Crippen LogP contribution is 2.43. The van der Waals surface area contributed by atoms with Crippen LogP contribution in [0.25, 0.3) is 83.1 Å². The Morgan fingerprint density at radius 3 is 1.11 bits per heavy atom. The molecule has 0 aliphatic carbocycles. The fourth-order valence-corrected chi connectivity index (χ4v) is 7.38. The number of fused-ring (bicyclic) bond motifs is 2. The van der Waals surface area contributed by atoms with E-state index < -0.39 is 0 Å². The van der Waals surface area contributed by atoms with Gasteiger partial charge in [0.2, 0.25) is 17.1 Å². The van der Waals surface area contributed by atoms with Crippen molar-refractivity contribution in [1.82, 2.24) is 0 Å². The van der Waals surface area contributed by atoms with Crippen molar-refractivity contribution in [3.8, 4) is 67.3 Å². The molecule has 0 radical (unpaired) electrons. The predicted molar refractivity (Wildman–Crippen MR) is 234 cm³/mol. The van der Waals surface area contributed by atoms with Gasteiger partial charge in [-0.2, -0.15) is 4.57 Å². The highest BCUT2D eigenvalue weighted by Gasteiger charge is 2.27. The van der Waals surface area contributed by atoms with Crippen molar-refractivity contribution in [2.24, 2.45) is 0 Å². The summed E-state index contributed by atoms with van der Waals surface area (Å²) >= 11 is 0. The summed E-state index contributed by atoms with van der Waals surface area (Å²) in [5, 5.41) is 40.3. The van der Waals surface area contributed by atoms with Gasteiger partial charge in [-0.05, 0) is 79.2 Å². The van der Waals surface area contributed by atoms with Crippen LogP contribution in [0.1, 0.15) is 0 Å². The van der Waals surface area contributed by atoms with Gasteiger partial charge in [0.05, 0.1) is 0 Å². The van der Waals surface area contributed by atoms with Crippen molar-refractivity contribution in [3.05, 3.63) is 200 Å². The number of aliphatic hydroxyl groups excluding tert-OH is 3. The van der Waals surface area contributed by atoms with Crippen LogP contribution < -0.4 is 9.67 Å². The number of nitrogens with zero attached hydrogens (tertiary/aromatic N) is 1. The molecule has 0 unspecified atom stereocenters. The molecule has 0 aliphatic heterocycles. The maximum atomic E-state index is 15.0. The lowest BCUT2D eigenvalue weighted by Crippen LogP contribution is -2.36. The van der Waals surface area contributed by atoms with Gasteiger partial charge < -0.3 is 20.4 Å². The quantitative estimate of drug-likeness (QED) is 0.148. The normalized spacial score (nSPS) is 10.4. The van der Waals surface area contributed by atoms with E-state index in [4.69, 9.17) is 15.3 Å². The SMILES string of the molecule is CO.CO.CO.[O-]c1c(-c2cccc3ccccc23)cc(-[n+]2c(-c3ccccc3)cc(-c3ccccc3)cc2-c2ccccc2)cc1-c1cccc2ccccc12. The van der Waals surface area contributed by atoms with Gasteiger partial charge in [0.15, 0.2) is 0 Å². The van der Waals surface area contributed by atoms with Crippen LogP contribution in [0, 0.1) is 0 Å². The minimum Gasteiger partial charge on any atom is -0.872 e. The second-order valence-corrected chi connectivity index (χ2v) is 12.9. The smallest absolute Gasteiger partial charge is 0.219 e. The molecule has 0 atom stereocenters. The van der Waals surface area contributed by atoms with E-state index in [9.17, 15) is 5.11 Å². The first-order chi connectivity index (χ1) is 28.2. The van der Waals surface area contributed by atoms with Crippen molar-refractivity contribution in [1.29, 1.82) is 0 Å². The summed E-state index contributed by atoms with van der Waals surface area (Å²) in [7, 11) is 3.00. The van der Waals surface area contributed by atoms with E-state index in [-0.39, 0.29) is 5.75 Å². The number of rotatable bonds is 6. The zero-order valence-electron chi connectivity index (χ0n) is 32.2. The Morgan fingerprint density at radius 2 is 0.684 bits per heavy atom. The van der Waals surface area contributed by atoms with Crippen LogP contribution in [0.5, 0.6) is 5.75 Å². The third kappa shape index (κ3) is 8.23. The molecule has 57 heavy (non-hydrogen) atoms. The monoisotopic (exact) mass is 747 g/mol. The standard InChI is InChI=1S/C49H33NO.3CH4O/c51-49-45(43-28-14-24-35-18-10-12-26-41(35)43)32-40(33-46(49)44-29-15-25-36-19-11-13-27-42(36)44)50-47(37-20-6-2-7-21-37)30-39(34-16-4-1-5-17-34)31-48(50)38-22-8-3-9-23-38;3*1-2/h1-33H;3*2H,1H3. The molecule has 0 saturated carbocycles. The Balaban J connectivity index is 0.000000876. The molecule has 9 aromatic rings. The lowest BCUT2D eigenvalue weighted by molar-refractivity contribution is -0.572. The third-order valence-corrected chi connectivity index (χ3v) is 9.80. The molecule has 0 fully saturated rings. The Bertz CT molecular complexity index is 2520. The molecular weight excluding hydrogens is 703 g/mol. The second kappa shape index (κ2) is 19.1. The molecule has 8 aromatic carbocycles. The van der Waals surface area contributed by atoms with Crippen LogP contribution in [0.15, 0.2) is 200 Å². The van der Waals surface area contributed by atoms with E-state index >= 15 is 0 Å². The summed E-state index contributed by atoms with van der Waals surface area (Å²) in [6.45, 7) is 0. The molecule has 0 aliphatic rings. The first-order valence-electron chi connectivity index (χ1n) is 18.7. The van der Waals surface area contributed by atoms with Crippen molar-refractivity contribution >= 4 is 21.5 Å². The molecule has 5 heteroatoms. The Labute approximate surface area is 334 Å². The summed E-state index contributed by atoms with van der Waals surface area (Å²) in [6, 6.07) is 69.5. The van der Waals surface area contributed by atoms with Crippen LogP contribution in [-0.2, 0) is 0 Å². The molecule has 0 amide bonds. The molecule has 0 saturated heterocycles. The fourth-order valence-electron chi connectivity index (χ4n) is 7.38. The van der Waals surface area contributed by atoms with Gasteiger partial charge in [0.1, 0.15) is 0 Å². The van der Waals surface area contributed by atoms with Crippen LogP contribution >= 0.6 is 0 Å². The maximum absolute atomic E-state index is 15.0. The summed E-state index contributed by atoms with van der Waals surface area (Å²) in [5.74, 6) is 0.00971. The van der Waals surface area contributed by atoms with Crippen molar-refractivity contribution < 1.29 is 25.0 Å². The largest absolute Gasteiger partial charge is 0.872 e. The average Bonchev–Trinajstić information content (AvgIpc) is 3.31. The first-order valence-corrected chi connectivity index (χ1v) is 18.7. The third-order valence-electron chi connectivity index (χ3n) is 9.80. The minimum atomic E-state index is 0.00971. The summed E-state index contributed by atoms with van der Waals surface area (Å²) in [5.41, 5.74) is 10.6. The average molecular weight is 748 g/mol. The van der Waals surface area contributed by atoms with Crippen LogP contribution in [-0.4, -0.2) is 36.6 Å². The summed E-state index contributed by atoms with van der Waals surface area (Å²) < 4.78 is 2.33. The van der Waals surface area contributed by atoms with E-state index in [0.29, 0.717) is 11.1 Å². The van der Waals surface area contributed by atoms with Crippen molar-refractivity contribution in [2.45, 2.75) is 0 Å². The van der Waals surface area contributed by atoms with Crippen LogP contribution in [0.2, 0.25) is 0 Å². The molecule has 5 nitrogen and oxygen atoms in total. The zero-order valence-corrected chi connectivity index (χ0v) is 32.2. The highest BCUT2D eigenvalue weighted by atomic mass is 16.3. The Kier molecular flexibility index (Phi) is 13.3. The molecule has 0 spiro atoms. The Morgan fingerprint density at radius 1 is 0.333 bits per heavy atom. The maximum Gasteiger partial charge on any atom is 0.219 e. The topological polar surface area (TPSA) is 87.6 Å². The van der Waals surface area contributed by atoms with Gasteiger partial charge in [0, 0.05) is 56.7 Å². The van der Waals surface area contributed by atoms with Gasteiger partial charge in [-0.1, -0.05) is 157 Å². The van der Waals surface area contributed by atoms with Gasteiger partial charge >= 0.3 is 0 Å². The fraction of sp³-hybridized carbons (Fsp3) is 0.0577. The molecule has 9 rings (SSSR count). The van der Waals surface area contributed by atoms with Crippen molar-refractivity contribution in [3.63, 3.8) is 0 Å². The van der Waals surface area contributed by atoms with Gasteiger partial charge in [-0.15, -0.1) is 0 Å². The molecule has 1 aromatic heterocycles. The summed E-state index contributed by atoms with van der Waals surface area (Å²) in [4.78, 5) is 0.